The van der Waals surface area contributed by atoms with E-state index in [9.17, 15) is 14.9 Å². The fourth-order valence-corrected chi connectivity index (χ4v) is 1.43. The average Bonchev–Trinajstić information content (AvgIpc) is 2.17. The van der Waals surface area contributed by atoms with Crippen LogP contribution in [0.4, 0.5) is 0 Å². The van der Waals surface area contributed by atoms with E-state index in [2.05, 4.69) is 0 Å². The maximum Gasteiger partial charge on any atom is 0.204 e. The van der Waals surface area contributed by atoms with Gasteiger partial charge in [-0.15, -0.1) is 0 Å². The normalized spacial score (nSPS) is 9.93. The summed E-state index contributed by atoms with van der Waals surface area (Å²) >= 11 is 5.81. The zero-order valence-corrected chi connectivity index (χ0v) is 8.74. The van der Waals surface area contributed by atoms with Gasteiger partial charge >= 0.3 is 0 Å². The third kappa shape index (κ3) is 3.67. The van der Waals surface area contributed by atoms with Gasteiger partial charge in [0.25, 0.3) is 0 Å². The molecule has 80 valence electrons. The molecule has 1 aromatic carbocycles. The summed E-state index contributed by atoms with van der Waals surface area (Å²) in [4.78, 5) is 21.2. The summed E-state index contributed by atoms with van der Waals surface area (Å²) in [6.07, 6.45) is 0.405. The molecule has 5 heteroatoms. The van der Waals surface area contributed by atoms with Crippen molar-refractivity contribution in [3.8, 4) is 0 Å². The Bertz CT molecular complexity index is 379. The lowest BCUT2D eigenvalue weighted by molar-refractivity contribution is -0.480. The highest BCUT2D eigenvalue weighted by Gasteiger charge is 2.10. The Balaban J connectivity index is 2.54. The molecule has 0 aliphatic heterocycles. The van der Waals surface area contributed by atoms with E-state index in [0.29, 0.717) is 10.6 Å². The number of rotatable bonds is 5. The predicted molar refractivity (Wildman–Crippen MR) is 56.9 cm³/mol. The largest absolute Gasteiger partial charge is 0.294 e. The Kier molecular flexibility index (Phi) is 4.24. The maximum absolute atomic E-state index is 11.5. The lowest BCUT2D eigenvalue weighted by Crippen LogP contribution is -2.05. The highest BCUT2D eigenvalue weighted by Crippen LogP contribution is 2.17. The summed E-state index contributed by atoms with van der Waals surface area (Å²) < 4.78 is 0. The second kappa shape index (κ2) is 5.46. The molecule has 0 aliphatic carbocycles. The van der Waals surface area contributed by atoms with Crippen molar-refractivity contribution in [2.45, 2.75) is 12.8 Å². The van der Waals surface area contributed by atoms with E-state index in [4.69, 9.17) is 11.6 Å². The molecular formula is C10H10ClNO3. The van der Waals surface area contributed by atoms with Crippen molar-refractivity contribution in [1.29, 1.82) is 0 Å². The minimum absolute atomic E-state index is 0.151. The molecule has 0 aromatic heterocycles. The molecule has 0 radical (unpaired) electrons. The molecule has 0 atom stereocenters. The minimum Gasteiger partial charge on any atom is -0.294 e. The van der Waals surface area contributed by atoms with Gasteiger partial charge in [-0.3, -0.25) is 14.9 Å². The monoisotopic (exact) mass is 227 g/mol. The molecule has 4 nitrogen and oxygen atoms in total. The number of Topliss-reactive ketones (excluding diaryl/α,β-unsaturated/α-hetero) is 1. The summed E-state index contributed by atoms with van der Waals surface area (Å²) in [6.45, 7) is -0.184. The van der Waals surface area contributed by atoms with Crippen LogP contribution in [0, 0.1) is 10.1 Å². The second-order valence-electron chi connectivity index (χ2n) is 3.06. The molecular weight excluding hydrogens is 218 g/mol. The molecule has 0 amide bonds. The first-order valence-electron chi connectivity index (χ1n) is 4.51. The average molecular weight is 228 g/mol. The molecule has 0 bridgehead atoms. The number of halogens is 1. The lowest BCUT2D eigenvalue weighted by atomic mass is 10.1. The Morgan fingerprint density at radius 2 is 2.07 bits per heavy atom. The van der Waals surface area contributed by atoms with Crippen LogP contribution in [-0.2, 0) is 0 Å². The van der Waals surface area contributed by atoms with Gasteiger partial charge in [0.15, 0.2) is 5.78 Å². The van der Waals surface area contributed by atoms with Crippen LogP contribution >= 0.6 is 11.6 Å². The van der Waals surface area contributed by atoms with Crippen LogP contribution in [0.5, 0.6) is 0 Å². The summed E-state index contributed by atoms with van der Waals surface area (Å²) in [6, 6.07) is 6.70. The van der Waals surface area contributed by atoms with E-state index in [-0.39, 0.29) is 25.2 Å². The van der Waals surface area contributed by atoms with Gasteiger partial charge in [-0.1, -0.05) is 23.7 Å². The lowest BCUT2D eigenvalue weighted by Gasteiger charge is -2.01. The first-order chi connectivity index (χ1) is 7.11. The van der Waals surface area contributed by atoms with Crippen molar-refractivity contribution in [2.75, 3.05) is 6.54 Å². The molecule has 0 saturated heterocycles. The summed E-state index contributed by atoms with van der Waals surface area (Å²) in [5.74, 6) is -0.151. The van der Waals surface area contributed by atoms with Crippen LogP contribution in [0.1, 0.15) is 23.2 Å². The Hall–Kier alpha value is -1.42. The molecule has 1 aromatic rings. The molecule has 0 heterocycles. The highest BCUT2D eigenvalue weighted by atomic mass is 35.5. The molecule has 0 aliphatic rings. The number of hydrogen-bond donors (Lipinski definition) is 0. The van der Waals surface area contributed by atoms with Crippen molar-refractivity contribution >= 4 is 17.4 Å². The topological polar surface area (TPSA) is 60.2 Å². The standard InChI is InChI=1S/C10H10ClNO3/c11-9-5-2-1-4-8(9)10(13)6-3-7-12(14)15/h1-2,4-5H,3,6-7H2. The first kappa shape index (κ1) is 11.7. The maximum atomic E-state index is 11.5. The number of carbonyl (C=O) groups excluding carboxylic acids is 1. The van der Waals surface area contributed by atoms with Crippen LogP contribution in [-0.4, -0.2) is 17.3 Å². The second-order valence-corrected chi connectivity index (χ2v) is 3.47. The third-order valence-corrected chi connectivity index (χ3v) is 2.25. The van der Waals surface area contributed by atoms with E-state index < -0.39 is 4.92 Å². The first-order valence-corrected chi connectivity index (χ1v) is 4.88. The number of nitrogens with zero attached hydrogens (tertiary/aromatic N) is 1. The van der Waals surface area contributed by atoms with E-state index in [0.717, 1.165) is 0 Å². The Morgan fingerprint density at radius 3 is 2.67 bits per heavy atom. The van der Waals surface area contributed by atoms with Crippen molar-refractivity contribution in [3.63, 3.8) is 0 Å². The molecule has 0 unspecified atom stereocenters. The fourth-order valence-electron chi connectivity index (χ4n) is 1.19. The van der Waals surface area contributed by atoms with Gasteiger partial charge in [-0.05, 0) is 12.1 Å². The van der Waals surface area contributed by atoms with Crippen molar-refractivity contribution in [1.82, 2.24) is 0 Å². The smallest absolute Gasteiger partial charge is 0.204 e. The van der Waals surface area contributed by atoms with Gasteiger partial charge in [0, 0.05) is 23.3 Å². The number of carbonyl (C=O) groups is 1. The van der Waals surface area contributed by atoms with Gasteiger partial charge < -0.3 is 0 Å². The van der Waals surface area contributed by atoms with Crippen LogP contribution in [0.3, 0.4) is 0 Å². The molecule has 15 heavy (non-hydrogen) atoms. The van der Waals surface area contributed by atoms with Crippen molar-refractivity contribution in [3.05, 3.63) is 45.0 Å². The summed E-state index contributed by atoms with van der Waals surface area (Å²) in [5.41, 5.74) is 0.433. The van der Waals surface area contributed by atoms with Gasteiger partial charge in [0.05, 0.1) is 5.02 Å². The summed E-state index contributed by atoms with van der Waals surface area (Å²) in [5, 5.41) is 10.4. The van der Waals surface area contributed by atoms with Crippen LogP contribution in [0.25, 0.3) is 0 Å². The number of ketones is 1. The third-order valence-electron chi connectivity index (χ3n) is 1.92. The molecule has 1 rings (SSSR count). The predicted octanol–water partition coefficient (Wildman–Crippen LogP) is 2.58. The van der Waals surface area contributed by atoms with E-state index in [1.165, 1.54) is 0 Å². The van der Waals surface area contributed by atoms with Gasteiger partial charge in [0.2, 0.25) is 6.54 Å². The summed E-state index contributed by atoms with van der Waals surface area (Å²) in [7, 11) is 0. The number of benzene rings is 1. The Labute approximate surface area is 92.0 Å². The molecule has 0 saturated carbocycles. The van der Waals surface area contributed by atoms with Gasteiger partial charge in [-0.2, -0.15) is 0 Å². The van der Waals surface area contributed by atoms with Crippen molar-refractivity contribution in [2.24, 2.45) is 0 Å². The SMILES string of the molecule is O=C(CCC[N+](=O)[O-])c1ccccc1Cl. The van der Waals surface area contributed by atoms with E-state index in [1.807, 2.05) is 0 Å². The molecule has 0 fully saturated rings. The van der Waals surface area contributed by atoms with Crippen LogP contribution in [0.2, 0.25) is 5.02 Å². The van der Waals surface area contributed by atoms with E-state index >= 15 is 0 Å². The highest BCUT2D eigenvalue weighted by molar-refractivity contribution is 6.33. The zero-order chi connectivity index (χ0) is 11.3. The Morgan fingerprint density at radius 1 is 1.40 bits per heavy atom. The van der Waals surface area contributed by atoms with Crippen LogP contribution in [0.15, 0.2) is 24.3 Å². The van der Waals surface area contributed by atoms with Gasteiger partial charge in [0.1, 0.15) is 0 Å². The van der Waals surface area contributed by atoms with E-state index in [1.54, 1.807) is 24.3 Å². The van der Waals surface area contributed by atoms with Gasteiger partial charge in [-0.25, -0.2) is 0 Å². The zero-order valence-electron chi connectivity index (χ0n) is 7.98. The fraction of sp³-hybridized carbons (Fsp3) is 0.300. The molecule has 0 spiro atoms. The van der Waals surface area contributed by atoms with Crippen molar-refractivity contribution < 1.29 is 9.72 Å². The molecule has 0 N–H and O–H groups in total. The number of nitro groups is 1. The van der Waals surface area contributed by atoms with Crippen LogP contribution < -0.4 is 0 Å². The minimum atomic E-state index is -0.431. The number of hydrogen-bond acceptors (Lipinski definition) is 3. The quantitative estimate of drug-likeness (QED) is 0.441.